The molecule has 21 heavy (non-hydrogen) atoms. The highest BCUT2D eigenvalue weighted by Gasteiger charge is 2.26. The summed E-state index contributed by atoms with van der Waals surface area (Å²) in [7, 11) is -3.60. The zero-order valence-electron chi connectivity index (χ0n) is 12.4. The number of nitrogen functional groups attached to an aromatic ring is 1. The van der Waals surface area contributed by atoms with Crippen LogP contribution in [0.5, 0.6) is 0 Å². The summed E-state index contributed by atoms with van der Waals surface area (Å²) in [4.78, 5) is 0.129. The van der Waals surface area contributed by atoms with Gasteiger partial charge in [0.15, 0.2) is 0 Å². The van der Waals surface area contributed by atoms with Crippen LogP contribution >= 0.6 is 0 Å². The van der Waals surface area contributed by atoms with Crippen molar-refractivity contribution in [1.29, 1.82) is 0 Å². The molecule has 0 aromatic heterocycles. The summed E-state index contributed by atoms with van der Waals surface area (Å²) in [6.07, 6.45) is 4.13. The quantitative estimate of drug-likeness (QED) is 0.721. The van der Waals surface area contributed by atoms with Crippen LogP contribution in [0.1, 0.15) is 31.2 Å². The molecule has 1 aromatic carbocycles. The third-order valence-electron chi connectivity index (χ3n) is 4.29. The first-order chi connectivity index (χ1) is 9.94. The van der Waals surface area contributed by atoms with E-state index in [9.17, 15) is 13.5 Å². The Hall–Kier alpha value is -1.11. The van der Waals surface area contributed by atoms with Gasteiger partial charge >= 0.3 is 0 Å². The van der Waals surface area contributed by atoms with Gasteiger partial charge in [0.1, 0.15) is 4.90 Å². The number of aliphatic hydroxyl groups excluding tert-OH is 1. The van der Waals surface area contributed by atoms with Crippen LogP contribution in [0, 0.1) is 18.8 Å². The summed E-state index contributed by atoms with van der Waals surface area (Å²) in [6.45, 7) is 2.36. The van der Waals surface area contributed by atoms with Crippen molar-refractivity contribution in [2.24, 2.45) is 11.8 Å². The van der Waals surface area contributed by atoms with E-state index < -0.39 is 10.0 Å². The molecule has 118 valence electrons. The van der Waals surface area contributed by atoms with E-state index in [1.54, 1.807) is 12.1 Å². The molecule has 0 amide bonds. The lowest BCUT2D eigenvalue weighted by molar-refractivity contribution is 0.136. The largest absolute Gasteiger partial charge is 0.398 e. The highest BCUT2D eigenvalue weighted by molar-refractivity contribution is 7.89. The topological polar surface area (TPSA) is 92.4 Å². The normalized spacial score (nSPS) is 23.1. The van der Waals surface area contributed by atoms with E-state index in [1.807, 2.05) is 6.92 Å². The maximum absolute atomic E-state index is 12.3. The van der Waals surface area contributed by atoms with E-state index in [1.165, 1.54) is 6.07 Å². The highest BCUT2D eigenvalue weighted by atomic mass is 32.2. The second-order valence-corrected chi connectivity index (χ2v) is 7.62. The zero-order chi connectivity index (χ0) is 15.5. The fourth-order valence-electron chi connectivity index (χ4n) is 3.00. The standard InChI is InChI=1S/C15H24N2O3S/c1-11-6-7-15(14(16)8-11)21(19,20)17-9-12-4-2-3-5-13(12)10-18/h6-8,12-13,17-18H,2-5,9-10,16H2,1H3. The molecule has 2 atom stereocenters. The number of benzene rings is 1. The van der Waals surface area contributed by atoms with Gasteiger partial charge in [-0.3, -0.25) is 0 Å². The molecule has 0 aliphatic heterocycles. The number of aryl methyl sites for hydroxylation is 1. The van der Waals surface area contributed by atoms with Crippen LogP contribution in [0.2, 0.25) is 0 Å². The number of anilines is 1. The smallest absolute Gasteiger partial charge is 0.242 e. The number of aliphatic hydroxyl groups is 1. The maximum Gasteiger partial charge on any atom is 0.242 e. The Kier molecular flexibility index (Phi) is 5.24. The van der Waals surface area contributed by atoms with Gasteiger partial charge in [-0.1, -0.05) is 18.9 Å². The van der Waals surface area contributed by atoms with Gasteiger partial charge < -0.3 is 10.8 Å². The molecule has 5 nitrogen and oxygen atoms in total. The summed E-state index contributed by atoms with van der Waals surface area (Å²) in [5.41, 5.74) is 7.01. The summed E-state index contributed by atoms with van der Waals surface area (Å²) < 4.78 is 27.3. The van der Waals surface area contributed by atoms with Gasteiger partial charge in [0.25, 0.3) is 0 Å². The van der Waals surface area contributed by atoms with E-state index in [0.29, 0.717) is 6.54 Å². The molecule has 1 fully saturated rings. The molecule has 0 spiro atoms. The predicted octanol–water partition coefficient (Wildman–Crippen LogP) is 1.65. The van der Waals surface area contributed by atoms with Gasteiger partial charge in [-0.2, -0.15) is 0 Å². The monoisotopic (exact) mass is 312 g/mol. The number of nitrogens with two attached hydrogens (primary N) is 1. The zero-order valence-corrected chi connectivity index (χ0v) is 13.2. The molecule has 4 N–H and O–H groups in total. The Labute approximate surface area is 126 Å². The Morgan fingerprint density at radius 1 is 1.29 bits per heavy atom. The SMILES string of the molecule is Cc1ccc(S(=O)(=O)NCC2CCCCC2CO)c(N)c1. The molecule has 2 rings (SSSR count). The number of hydrogen-bond acceptors (Lipinski definition) is 4. The maximum atomic E-state index is 12.3. The van der Waals surface area contributed by atoms with Crippen molar-refractivity contribution in [1.82, 2.24) is 4.72 Å². The molecule has 0 radical (unpaired) electrons. The lowest BCUT2D eigenvalue weighted by Crippen LogP contribution is -2.35. The van der Waals surface area contributed by atoms with Crippen molar-refractivity contribution in [3.8, 4) is 0 Å². The molecular weight excluding hydrogens is 288 g/mol. The van der Waals surface area contributed by atoms with Crippen LogP contribution in [0.25, 0.3) is 0 Å². The second kappa shape index (κ2) is 6.77. The lowest BCUT2D eigenvalue weighted by atomic mass is 9.80. The minimum absolute atomic E-state index is 0.124. The van der Waals surface area contributed by atoms with Crippen LogP contribution in [-0.4, -0.2) is 26.7 Å². The van der Waals surface area contributed by atoms with Gasteiger partial charge in [-0.25, -0.2) is 13.1 Å². The molecule has 0 bridgehead atoms. The summed E-state index contributed by atoms with van der Waals surface area (Å²) in [5.74, 6) is 0.391. The molecule has 2 unspecified atom stereocenters. The lowest BCUT2D eigenvalue weighted by Gasteiger charge is -2.30. The second-order valence-electron chi connectivity index (χ2n) is 5.88. The minimum atomic E-state index is -3.60. The first kappa shape index (κ1) is 16.3. The average molecular weight is 312 g/mol. The van der Waals surface area contributed by atoms with Gasteiger partial charge in [0.05, 0.1) is 5.69 Å². The molecule has 6 heteroatoms. The first-order valence-corrected chi connectivity index (χ1v) is 8.89. The Balaban J connectivity index is 2.07. The number of rotatable bonds is 5. The molecule has 0 saturated heterocycles. The Morgan fingerprint density at radius 2 is 1.95 bits per heavy atom. The summed E-state index contributed by atoms with van der Waals surface area (Å²) in [6, 6.07) is 4.94. The molecule has 1 aliphatic carbocycles. The van der Waals surface area contributed by atoms with E-state index in [4.69, 9.17) is 5.73 Å². The number of nitrogens with one attached hydrogen (secondary N) is 1. The van der Waals surface area contributed by atoms with E-state index >= 15 is 0 Å². The Morgan fingerprint density at radius 3 is 2.57 bits per heavy atom. The van der Waals surface area contributed by atoms with E-state index in [-0.39, 0.29) is 29.0 Å². The third kappa shape index (κ3) is 3.96. The molecule has 1 saturated carbocycles. The van der Waals surface area contributed by atoms with E-state index in [2.05, 4.69) is 4.72 Å². The van der Waals surface area contributed by atoms with Crippen molar-refractivity contribution < 1.29 is 13.5 Å². The van der Waals surface area contributed by atoms with Crippen molar-refractivity contribution in [2.75, 3.05) is 18.9 Å². The molecule has 0 heterocycles. The van der Waals surface area contributed by atoms with Gasteiger partial charge in [-0.15, -0.1) is 0 Å². The molecule has 1 aromatic rings. The first-order valence-electron chi connectivity index (χ1n) is 7.40. The van der Waals surface area contributed by atoms with Crippen LogP contribution in [-0.2, 0) is 10.0 Å². The summed E-state index contributed by atoms with van der Waals surface area (Å²) in [5, 5.41) is 9.39. The van der Waals surface area contributed by atoms with E-state index in [0.717, 1.165) is 31.2 Å². The van der Waals surface area contributed by atoms with Crippen LogP contribution in [0.15, 0.2) is 23.1 Å². The van der Waals surface area contributed by atoms with Crippen LogP contribution in [0.4, 0.5) is 5.69 Å². The van der Waals surface area contributed by atoms with Crippen molar-refractivity contribution in [3.05, 3.63) is 23.8 Å². The summed E-state index contributed by atoms with van der Waals surface area (Å²) >= 11 is 0. The molecule has 1 aliphatic rings. The van der Waals surface area contributed by atoms with Crippen LogP contribution < -0.4 is 10.5 Å². The fraction of sp³-hybridized carbons (Fsp3) is 0.600. The Bertz CT molecular complexity index is 587. The predicted molar refractivity (Wildman–Crippen MR) is 83.3 cm³/mol. The van der Waals surface area contributed by atoms with Crippen molar-refractivity contribution in [3.63, 3.8) is 0 Å². The highest BCUT2D eigenvalue weighted by Crippen LogP contribution is 2.29. The average Bonchev–Trinajstić information content (AvgIpc) is 2.45. The van der Waals surface area contributed by atoms with Gasteiger partial charge in [-0.05, 0) is 49.3 Å². The third-order valence-corrected chi connectivity index (χ3v) is 5.79. The number of sulfonamides is 1. The van der Waals surface area contributed by atoms with Crippen LogP contribution in [0.3, 0.4) is 0 Å². The van der Waals surface area contributed by atoms with Gasteiger partial charge in [0.2, 0.25) is 10.0 Å². The fourth-order valence-corrected chi connectivity index (χ4v) is 4.21. The minimum Gasteiger partial charge on any atom is -0.398 e. The van der Waals surface area contributed by atoms with Crippen molar-refractivity contribution in [2.45, 2.75) is 37.5 Å². The molecular formula is C15H24N2O3S. The van der Waals surface area contributed by atoms with Gasteiger partial charge in [0, 0.05) is 13.2 Å². The number of hydrogen-bond donors (Lipinski definition) is 3. The van der Waals surface area contributed by atoms with Crippen molar-refractivity contribution >= 4 is 15.7 Å².